The fourth-order valence-electron chi connectivity index (χ4n) is 3.37. The monoisotopic (exact) mass is 434 g/mol. The zero-order valence-corrected chi connectivity index (χ0v) is 17.8. The van der Waals surface area contributed by atoms with Gasteiger partial charge < -0.3 is 9.47 Å². The Morgan fingerprint density at radius 3 is 2.03 bits per heavy atom. The van der Waals surface area contributed by atoms with Crippen molar-refractivity contribution in [3.63, 3.8) is 0 Å². The van der Waals surface area contributed by atoms with Crippen LogP contribution in [0.25, 0.3) is 0 Å². The van der Waals surface area contributed by atoms with E-state index < -0.39 is 48.1 Å². The predicted octanol–water partition coefficient (Wildman–Crippen LogP) is 6.08. The van der Waals surface area contributed by atoms with Crippen LogP contribution in [0.15, 0.2) is 18.2 Å². The Labute approximate surface area is 169 Å². The smallest absolute Gasteiger partial charge is 0.200 e. The van der Waals surface area contributed by atoms with E-state index in [0.29, 0.717) is 30.6 Å². The van der Waals surface area contributed by atoms with E-state index in [2.05, 4.69) is 0 Å². The maximum atomic E-state index is 14.4. The normalized spacial score (nSPS) is 13.8. The van der Waals surface area contributed by atoms with E-state index in [1.807, 2.05) is 32.9 Å². The average molecular weight is 434 g/mol. The summed E-state index contributed by atoms with van der Waals surface area (Å²) in [5, 5.41) is -1.64. The average Bonchev–Trinajstić information content (AvgIpc) is 2.72. The van der Waals surface area contributed by atoms with Gasteiger partial charge in [-0.05, 0) is 25.8 Å². The van der Waals surface area contributed by atoms with Crippen LogP contribution in [0.4, 0.5) is 22.0 Å². The van der Waals surface area contributed by atoms with Crippen molar-refractivity contribution in [3.8, 4) is 5.75 Å². The number of benzene rings is 2. The summed E-state index contributed by atoms with van der Waals surface area (Å²) in [6.07, 6.45) is 1.55. The maximum absolute atomic E-state index is 14.4. The van der Waals surface area contributed by atoms with Crippen LogP contribution in [0, 0.1) is 36.0 Å². The molecule has 0 N–H and O–H groups in total. The second-order valence-electron chi connectivity index (χ2n) is 6.81. The summed E-state index contributed by atoms with van der Waals surface area (Å²) in [5.41, 5.74) is 1.56. The molecule has 0 aromatic heterocycles. The molecular weight excluding hydrogens is 410 g/mol. The molecule has 2 atom stereocenters. The van der Waals surface area contributed by atoms with Crippen LogP contribution >= 0.6 is 8.58 Å². The number of hydrogen-bond acceptors (Lipinski definition) is 2. The number of methoxy groups -OCH3 is 1. The van der Waals surface area contributed by atoms with E-state index in [9.17, 15) is 22.0 Å². The van der Waals surface area contributed by atoms with Crippen molar-refractivity contribution in [2.24, 2.45) is 0 Å². The van der Waals surface area contributed by atoms with E-state index in [1.165, 1.54) is 7.11 Å². The number of ether oxygens (including phenoxy) is 2. The summed E-state index contributed by atoms with van der Waals surface area (Å²) in [7, 11) is 0.779. The number of halogens is 5. The molecule has 2 rings (SSSR count). The van der Waals surface area contributed by atoms with Crippen molar-refractivity contribution < 1.29 is 31.4 Å². The minimum Gasteiger partial charge on any atom is -0.467 e. The highest BCUT2D eigenvalue weighted by Gasteiger charge is 2.37. The topological polar surface area (TPSA) is 18.5 Å². The van der Waals surface area contributed by atoms with Crippen molar-refractivity contribution in [1.82, 2.24) is 0 Å². The van der Waals surface area contributed by atoms with Gasteiger partial charge in [0.2, 0.25) is 5.82 Å². The third-order valence-corrected chi connectivity index (χ3v) is 6.88. The highest BCUT2D eigenvalue weighted by Crippen LogP contribution is 2.51. The first-order chi connectivity index (χ1) is 13.7. The van der Waals surface area contributed by atoms with Crippen LogP contribution in [0.2, 0.25) is 0 Å². The van der Waals surface area contributed by atoms with Crippen LogP contribution in [-0.2, 0) is 9.89 Å². The molecule has 0 amide bonds. The van der Waals surface area contributed by atoms with Gasteiger partial charge in [0, 0.05) is 17.8 Å². The molecule has 0 aliphatic rings. The lowest BCUT2D eigenvalue weighted by Crippen LogP contribution is -2.27. The van der Waals surface area contributed by atoms with Crippen LogP contribution < -0.4 is 10.0 Å². The molecule has 0 radical (unpaired) electrons. The minimum atomic E-state index is -2.15. The highest BCUT2D eigenvalue weighted by molar-refractivity contribution is 7.48. The van der Waals surface area contributed by atoms with E-state index >= 15 is 0 Å². The Hall–Kier alpha value is -1.72. The van der Waals surface area contributed by atoms with Crippen molar-refractivity contribution in [2.45, 2.75) is 45.2 Å². The number of hydrogen-bond donors (Lipinski definition) is 0. The van der Waals surface area contributed by atoms with E-state index in [1.54, 1.807) is 6.07 Å². The Morgan fingerprint density at radius 2 is 1.52 bits per heavy atom. The van der Waals surface area contributed by atoms with Crippen molar-refractivity contribution in [1.29, 1.82) is 0 Å². The molecule has 29 heavy (non-hydrogen) atoms. The van der Waals surface area contributed by atoms with Gasteiger partial charge >= 0.3 is 0 Å². The predicted molar refractivity (Wildman–Crippen MR) is 105 cm³/mol. The molecule has 2 nitrogen and oxygen atoms in total. The van der Waals surface area contributed by atoms with Crippen LogP contribution in [0.1, 0.15) is 44.2 Å². The summed E-state index contributed by atoms with van der Waals surface area (Å²) in [6.45, 7) is 5.56. The molecule has 0 fully saturated rings. The fraction of sp³-hybridized carbons (Fsp3) is 0.429. The Bertz CT molecular complexity index is 846. The first kappa shape index (κ1) is 23.6. The molecular formula is C21H24F5O2P. The van der Waals surface area contributed by atoms with E-state index in [4.69, 9.17) is 9.47 Å². The summed E-state index contributed by atoms with van der Waals surface area (Å²) in [4.78, 5) is 0. The molecule has 0 spiro atoms. The van der Waals surface area contributed by atoms with Crippen molar-refractivity contribution >= 4 is 13.9 Å². The number of rotatable bonds is 9. The lowest BCUT2D eigenvalue weighted by atomic mass is 9.89. The molecule has 2 unspecified atom stereocenters. The molecule has 0 saturated carbocycles. The molecule has 8 heteroatoms. The molecule has 2 aromatic carbocycles. The Balaban J connectivity index is 2.69. The van der Waals surface area contributed by atoms with Crippen LogP contribution in [0.3, 0.4) is 0 Å². The first-order valence-corrected chi connectivity index (χ1v) is 10.2. The second kappa shape index (κ2) is 9.86. The summed E-state index contributed by atoms with van der Waals surface area (Å²) >= 11 is 0. The van der Waals surface area contributed by atoms with Gasteiger partial charge in [0.1, 0.15) is 5.75 Å². The quantitative estimate of drug-likeness (QED) is 0.157. The zero-order valence-electron chi connectivity index (χ0n) is 16.8. The van der Waals surface area contributed by atoms with Gasteiger partial charge in [-0.15, -0.1) is 0 Å². The Morgan fingerprint density at radius 1 is 0.931 bits per heavy atom. The highest BCUT2D eigenvalue weighted by atomic mass is 31.1. The van der Waals surface area contributed by atoms with Crippen molar-refractivity contribution in [2.75, 3.05) is 13.9 Å². The van der Waals surface area contributed by atoms with E-state index in [-0.39, 0.29) is 6.79 Å². The number of aryl methyl sites for hydroxylation is 1. The summed E-state index contributed by atoms with van der Waals surface area (Å²) in [5.74, 6) is -9.09. The van der Waals surface area contributed by atoms with Crippen molar-refractivity contribution in [3.05, 3.63) is 58.4 Å². The first-order valence-electron chi connectivity index (χ1n) is 9.24. The lowest BCUT2D eigenvalue weighted by Gasteiger charge is -2.35. The largest absolute Gasteiger partial charge is 0.467 e. The molecule has 0 aliphatic heterocycles. The third kappa shape index (κ3) is 4.72. The minimum absolute atomic E-state index is 0.0341. The molecule has 2 aromatic rings. The van der Waals surface area contributed by atoms with Gasteiger partial charge in [0.15, 0.2) is 30.1 Å². The Kier molecular flexibility index (Phi) is 8.01. The van der Waals surface area contributed by atoms with Gasteiger partial charge in [-0.1, -0.05) is 46.5 Å². The molecule has 160 valence electrons. The van der Waals surface area contributed by atoms with Gasteiger partial charge in [-0.3, -0.25) is 0 Å². The van der Waals surface area contributed by atoms with Crippen LogP contribution in [-0.4, -0.2) is 13.9 Å². The standard InChI is InChI=1S/C21H24F5O2P/c1-5-9-21(6-2,13-10-12(3)7-8-14(13)28-11-27-4)29-20-18(25)16(23)15(22)17(24)19(20)26/h7-8,10,29H,5-6,9,11H2,1-4H3. The third-order valence-electron chi connectivity index (χ3n) is 4.84. The van der Waals surface area contributed by atoms with E-state index in [0.717, 1.165) is 5.56 Å². The van der Waals surface area contributed by atoms with Gasteiger partial charge in [-0.2, -0.15) is 0 Å². The van der Waals surface area contributed by atoms with Gasteiger partial charge in [0.05, 0.1) is 5.30 Å². The molecule has 0 bridgehead atoms. The van der Waals surface area contributed by atoms with Gasteiger partial charge in [-0.25, -0.2) is 22.0 Å². The van der Waals surface area contributed by atoms with Crippen LogP contribution in [0.5, 0.6) is 5.75 Å². The molecule has 0 heterocycles. The van der Waals surface area contributed by atoms with Gasteiger partial charge in [0.25, 0.3) is 0 Å². The molecule has 0 aliphatic carbocycles. The molecule has 0 saturated heterocycles. The SMILES string of the molecule is CCCC(CC)(Pc1c(F)c(F)c(F)c(F)c1F)c1cc(C)ccc1OCOC. The second-order valence-corrected chi connectivity index (χ2v) is 8.51. The fourth-order valence-corrected chi connectivity index (χ4v) is 5.17. The lowest BCUT2D eigenvalue weighted by molar-refractivity contribution is 0.0499. The summed E-state index contributed by atoms with van der Waals surface area (Å²) in [6, 6.07) is 5.39. The maximum Gasteiger partial charge on any atom is 0.200 e. The zero-order chi connectivity index (χ0) is 21.8. The summed E-state index contributed by atoms with van der Waals surface area (Å²) < 4.78 is 80.5.